The fourth-order valence-electron chi connectivity index (χ4n) is 4.27. The topological polar surface area (TPSA) is 79.0 Å². The predicted molar refractivity (Wildman–Crippen MR) is 113 cm³/mol. The van der Waals surface area contributed by atoms with Crippen molar-refractivity contribution >= 4 is 35.0 Å². The van der Waals surface area contributed by atoms with Crippen LogP contribution in [0.2, 0.25) is 0 Å². The van der Waals surface area contributed by atoms with Crippen molar-refractivity contribution in [2.24, 2.45) is 0 Å². The van der Waals surface area contributed by atoms with Gasteiger partial charge in [0.2, 0.25) is 0 Å². The maximum absolute atomic E-state index is 13.0. The van der Waals surface area contributed by atoms with E-state index in [4.69, 9.17) is 16.3 Å². The number of morpholine rings is 1. The molecule has 4 rings (SSSR count). The van der Waals surface area contributed by atoms with Crippen LogP contribution in [-0.4, -0.2) is 59.9 Å². The first-order valence-corrected chi connectivity index (χ1v) is 10.9. The molecule has 0 aromatic heterocycles. The minimum absolute atomic E-state index is 0.0842. The van der Waals surface area contributed by atoms with Gasteiger partial charge in [0.05, 0.1) is 13.2 Å². The average Bonchev–Trinajstić information content (AvgIpc) is 2.99. The number of hydrogen-bond donors (Lipinski definition) is 1. The molecule has 30 heavy (non-hydrogen) atoms. The first kappa shape index (κ1) is 20.9. The van der Waals surface area contributed by atoms with Gasteiger partial charge in [-0.05, 0) is 37.5 Å². The Morgan fingerprint density at radius 3 is 2.50 bits per heavy atom. The van der Waals surface area contributed by atoms with Gasteiger partial charge in [0.15, 0.2) is 0 Å². The minimum atomic E-state index is -0.436. The van der Waals surface area contributed by atoms with Crippen molar-refractivity contribution < 1.29 is 19.1 Å². The van der Waals surface area contributed by atoms with Gasteiger partial charge in [-0.3, -0.25) is 19.3 Å². The summed E-state index contributed by atoms with van der Waals surface area (Å²) < 4.78 is 5.31. The van der Waals surface area contributed by atoms with Crippen molar-refractivity contribution in [2.75, 3.05) is 31.6 Å². The van der Waals surface area contributed by atoms with Crippen molar-refractivity contribution in [2.45, 2.75) is 45.1 Å². The fraction of sp³-hybridized carbons (Fsp3) is 0.500. The summed E-state index contributed by atoms with van der Waals surface area (Å²) in [5.41, 5.74) is 2.05. The quantitative estimate of drug-likeness (QED) is 0.741. The molecule has 2 heterocycles. The summed E-state index contributed by atoms with van der Waals surface area (Å²) >= 11 is 6.28. The van der Waals surface area contributed by atoms with Gasteiger partial charge in [-0.2, -0.15) is 0 Å². The van der Waals surface area contributed by atoms with Crippen LogP contribution in [0.3, 0.4) is 0 Å². The third-order valence-electron chi connectivity index (χ3n) is 6.04. The van der Waals surface area contributed by atoms with Crippen LogP contribution >= 0.6 is 11.6 Å². The molecular formula is C22H26ClN3O4. The van der Waals surface area contributed by atoms with Gasteiger partial charge in [-0.1, -0.05) is 36.9 Å². The molecular weight excluding hydrogens is 406 g/mol. The third kappa shape index (κ3) is 3.96. The summed E-state index contributed by atoms with van der Waals surface area (Å²) in [6.07, 6.45) is 4.77. The number of amides is 3. The number of imide groups is 1. The van der Waals surface area contributed by atoms with E-state index in [1.54, 1.807) is 17.0 Å². The SMILES string of the molecule is Cc1ccc(C(=O)N2CCOCC2)cc1NC1=C(Cl)C(=O)N(C2CCCCC2)C1=O. The van der Waals surface area contributed by atoms with Crippen molar-refractivity contribution in [1.29, 1.82) is 0 Å². The number of benzene rings is 1. The summed E-state index contributed by atoms with van der Waals surface area (Å²) in [5.74, 6) is -0.908. The first-order valence-electron chi connectivity index (χ1n) is 10.5. The molecule has 1 saturated carbocycles. The minimum Gasteiger partial charge on any atom is -0.378 e. The molecule has 1 N–H and O–H groups in total. The molecule has 160 valence electrons. The highest BCUT2D eigenvalue weighted by atomic mass is 35.5. The molecule has 8 heteroatoms. The Hall–Kier alpha value is -2.38. The van der Waals surface area contributed by atoms with E-state index in [0.717, 1.165) is 37.7 Å². The van der Waals surface area contributed by atoms with E-state index in [2.05, 4.69) is 5.32 Å². The monoisotopic (exact) mass is 431 g/mol. The van der Waals surface area contributed by atoms with E-state index < -0.39 is 5.91 Å². The van der Waals surface area contributed by atoms with Gasteiger partial charge in [0, 0.05) is 30.4 Å². The number of anilines is 1. The van der Waals surface area contributed by atoms with Crippen LogP contribution in [0, 0.1) is 6.92 Å². The zero-order chi connectivity index (χ0) is 21.3. The van der Waals surface area contributed by atoms with Crippen LogP contribution in [0.1, 0.15) is 48.0 Å². The molecule has 1 aliphatic carbocycles. The van der Waals surface area contributed by atoms with Crippen LogP contribution in [-0.2, 0) is 14.3 Å². The lowest BCUT2D eigenvalue weighted by Crippen LogP contribution is -2.42. The molecule has 0 unspecified atom stereocenters. The van der Waals surface area contributed by atoms with Crippen molar-refractivity contribution in [3.63, 3.8) is 0 Å². The van der Waals surface area contributed by atoms with E-state index in [9.17, 15) is 14.4 Å². The van der Waals surface area contributed by atoms with Crippen LogP contribution in [0.5, 0.6) is 0 Å². The summed E-state index contributed by atoms with van der Waals surface area (Å²) in [7, 11) is 0. The molecule has 0 spiro atoms. The van der Waals surface area contributed by atoms with E-state index in [1.807, 2.05) is 13.0 Å². The van der Waals surface area contributed by atoms with Crippen molar-refractivity contribution in [3.8, 4) is 0 Å². The predicted octanol–water partition coefficient (Wildman–Crippen LogP) is 3.03. The van der Waals surface area contributed by atoms with Crippen molar-refractivity contribution in [1.82, 2.24) is 9.80 Å². The lowest BCUT2D eigenvalue weighted by Gasteiger charge is -2.29. The molecule has 2 aliphatic heterocycles. The smallest absolute Gasteiger partial charge is 0.279 e. The van der Waals surface area contributed by atoms with Gasteiger partial charge in [-0.25, -0.2) is 0 Å². The van der Waals surface area contributed by atoms with Gasteiger partial charge in [-0.15, -0.1) is 0 Å². The van der Waals surface area contributed by atoms with E-state index in [-0.39, 0.29) is 28.6 Å². The molecule has 1 aromatic rings. The second-order valence-electron chi connectivity index (χ2n) is 8.02. The Morgan fingerprint density at radius 2 is 1.80 bits per heavy atom. The highest BCUT2D eigenvalue weighted by molar-refractivity contribution is 6.48. The maximum atomic E-state index is 13.0. The summed E-state index contributed by atoms with van der Waals surface area (Å²) in [6, 6.07) is 5.21. The molecule has 7 nitrogen and oxygen atoms in total. The Bertz CT molecular complexity index is 902. The van der Waals surface area contributed by atoms with E-state index in [1.165, 1.54) is 4.90 Å². The van der Waals surface area contributed by atoms with Gasteiger partial charge >= 0.3 is 0 Å². The van der Waals surface area contributed by atoms with Crippen LogP contribution < -0.4 is 5.32 Å². The normalized spacial score (nSPS) is 20.9. The maximum Gasteiger partial charge on any atom is 0.279 e. The number of carbonyl (C=O) groups is 3. The Kier molecular flexibility index (Phi) is 6.11. The largest absolute Gasteiger partial charge is 0.378 e. The third-order valence-corrected chi connectivity index (χ3v) is 6.39. The molecule has 0 bridgehead atoms. The average molecular weight is 432 g/mol. The number of hydrogen-bond acceptors (Lipinski definition) is 5. The van der Waals surface area contributed by atoms with Gasteiger partial charge < -0.3 is 15.0 Å². The summed E-state index contributed by atoms with van der Waals surface area (Å²) in [6.45, 7) is 4.03. The lowest BCUT2D eigenvalue weighted by atomic mass is 9.94. The number of aryl methyl sites for hydroxylation is 1. The van der Waals surface area contributed by atoms with Crippen LogP contribution in [0.4, 0.5) is 5.69 Å². The number of nitrogens with one attached hydrogen (secondary N) is 1. The van der Waals surface area contributed by atoms with Crippen LogP contribution in [0.25, 0.3) is 0 Å². The number of halogens is 1. The highest BCUT2D eigenvalue weighted by Crippen LogP contribution is 2.33. The zero-order valence-electron chi connectivity index (χ0n) is 17.1. The van der Waals surface area contributed by atoms with Gasteiger partial charge in [0.1, 0.15) is 10.7 Å². The lowest BCUT2D eigenvalue weighted by molar-refractivity contribution is -0.140. The van der Waals surface area contributed by atoms with Crippen molar-refractivity contribution in [3.05, 3.63) is 40.1 Å². The molecule has 2 fully saturated rings. The second-order valence-corrected chi connectivity index (χ2v) is 8.40. The molecule has 3 amide bonds. The molecule has 1 aromatic carbocycles. The number of carbonyl (C=O) groups excluding carboxylic acids is 3. The second kappa shape index (κ2) is 8.78. The number of nitrogens with zero attached hydrogens (tertiary/aromatic N) is 2. The van der Waals surface area contributed by atoms with Gasteiger partial charge in [0.25, 0.3) is 17.7 Å². The Balaban J connectivity index is 1.55. The molecule has 0 atom stereocenters. The number of ether oxygens (including phenoxy) is 1. The number of rotatable bonds is 4. The standard InChI is InChI=1S/C22H26ClN3O4/c1-14-7-8-15(20(27)25-9-11-30-12-10-25)13-17(14)24-19-18(23)21(28)26(22(19)29)16-5-3-2-4-6-16/h7-8,13,16,24H,2-6,9-12H2,1H3. The Morgan fingerprint density at radius 1 is 1.10 bits per heavy atom. The fourth-order valence-corrected chi connectivity index (χ4v) is 4.49. The van der Waals surface area contributed by atoms with E-state index in [0.29, 0.717) is 37.6 Å². The molecule has 1 saturated heterocycles. The Labute approximate surface area is 181 Å². The first-order chi connectivity index (χ1) is 14.5. The zero-order valence-corrected chi connectivity index (χ0v) is 17.8. The molecule has 3 aliphatic rings. The summed E-state index contributed by atoms with van der Waals surface area (Å²) in [5, 5.41) is 2.96. The van der Waals surface area contributed by atoms with E-state index >= 15 is 0 Å². The summed E-state index contributed by atoms with van der Waals surface area (Å²) in [4.78, 5) is 41.6. The molecule has 0 radical (unpaired) electrons. The highest BCUT2D eigenvalue weighted by Gasteiger charge is 2.42. The van der Waals surface area contributed by atoms with Crippen LogP contribution in [0.15, 0.2) is 28.9 Å².